The zero-order chi connectivity index (χ0) is 34.2. The summed E-state index contributed by atoms with van der Waals surface area (Å²) in [6.07, 6.45) is -1.49. The van der Waals surface area contributed by atoms with E-state index in [4.69, 9.17) is 9.47 Å². The molecule has 4 aromatic rings. The molecule has 0 aliphatic carbocycles. The van der Waals surface area contributed by atoms with Gasteiger partial charge in [-0.25, -0.2) is 14.6 Å². The van der Waals surface area contributed by atoms with Gasteiger partial charge in [0.2, 0.25) is 12.1 Å². The number of esters is 2. The second-order valence-electron chi connectivity index (χ2n) is 10.8. The van der Waals surface area contributed by atoms with Gasteiger partial charge in [-0.2, -0.15) is 5.01 Å². The molecule has 1 saturated heterocycles. The van der Waals surface area contributed by atoms with E-state index >= 15 is 0 Å². The average molecular weight is 779 g/mol. The number of rotatable bonds is 9. The number of hydrogen-bond acceptors (Lipinski definition) is 8. The van der Waals surface area contributed by atoms with Gasteiger partial charge in [0.15, 0.2) is 6.04 Å². The molecule has 4 aromatic carbocycles. The summed E-state index contributed by atoms with van der Waals surface area (Å²) in [6.45, 7) is -0.0448. The molecular formula is C35H33Br2N5O6. The Balaban J connectivity index is 1.70. The molecule has 48 heavy (non-hydrogen) atoms. The number of amides is 3. The smallest absolute Gasteiger partial charge is 0.345 e. The Bertz CT molecular complexity index is 1600. The van der Waals surface area contributed by atoms with E-state index in [1.807, 2.05) is 60.7 Å². The zero-order valence-electron chi connectivity index (χ0n) is 26.1. The lowest BCUT2D eigenvalue weighted by molar-refractivity contribution is -0.210. The van der Waals surface area contributed by atoms with E-state index in [1.54, 1.807) is 48.5 Å². The summed E-state index contributed by atoms with van der Waals surface area (Å²) >= 11 is 6.81. The molecule has 3 amide bonds. The number of hydrogen-bond donors (Lipinski definition) is 2. The summed E-state index contributed by atoms with van der Waals surface area (Å²) in [5.74, 6) is -2.20. The number of carbonyl (C=O) groups excluding carboxylic acids is 4. The van der Waals surface area contributed by atoms with Crippen LogP contribution in [-0.4, -0.2) is 71.3 Å². The molecule has 1 aliphatic rings. The molecule has 1 heterocycles. The van der Waals surface area contributed by atoms with Gasteiger partial charge in [0.1, 0.15) is 6.04 Å². The number of nitrogens with one attached hydrogen (secondary N) is 2. The molecule has 0 aromatic heterocycles. The third-order valence-corrected chi connectivity index (χ3v) is 8.79. The van der Waals surface area contributed by atoms with Crippen molar-refractivity contribution < 1.29 is 28.7 Å². The third-order valence-electron chi connectivity index (χ3n) is 7.73. The van der Waals surface area contributed by atoms with Crippen LogP contribution in [0.1, 0.15) is 11.1 Å². The minimum absolute atomic E-state index is 0.00618. The van der Waals surface area contributed by atoms with Crippen LogP contribution in [0.5, 0.6) is 0 Å². The summed E-state index contributed by atoms with van der Waals surface area (Å²) in [4.78, 5) is 58.2. The number of urea groups is 1. The third kappa shape index (κ3) is 8.11. The standard InChI is InChI=1S/C35H33Br2N5O6/c1-47-33(44)30-29(31(43)38-27-17-13-25(36)14-18-27)40(21-23-9-5-3-6-10-23)32(34(45)48-2)42(41(30)22-24-11-7-4-8-12-24)35(46)39-28-19-15-26(37)16-20-28/h3-20,29-30,32H,21-22H2,1-2H3,(H,38,43)(H,39,46). The lowest BCUT2D eigenvalue weighted by Crippen LogP contribution is -2.77. The van der Waals surface area contributed by atoms with Crippen molar-refractivity contribution in [2.75, 3.05) is 24.9 Å². The quantitative estimate of drug-likeness (QED) is 0.198. The van der Waals surface area contributed by atoms with Crippen LogP contribution in [-0.2, 0) is 36.9 Å². The number of methoxy groups -OCH3 is 2. The Hall–Kier alpha value is -4.56. The average Bonchev–Trinajstić information content (AvgIpc) is 3.10. The van der Waals surface area contributed by atoms with Gasteiger partial charge in [0.25, 0.3) is 0 Å². The monoisotopic (exact) mass is 777 g/mol. The van der Waals surface area contributed by atoms with Gasteiger partial charge in [0, 0.05) is 33.4 Å². The number of anilines is 2. The first-order valence-corrected chi connectivity index (χ1v) is 16.5. The molecule has 0 saturated carbocycles. The molecule has 3 atom stereocenters. The van der Waals surface area contributed by atoms with Gasteiger partial charge >= 0.3 is 18.0 Å². The first kappa shape index (κ1) is 34.8. The highest BCUT2D eigenvalue weighted by atomic mass is 79.9. The molecule has 0 bridgehead atoms. The highest BCUT2D eigenvalue weighted by Crippen LogP contribution is 2.33. The van der Waals surface area contributed by atoms with E-state index in [0.29, 0.717) is 16.9 Å². The van der Waals surface area contributed by atoms with Crippen LogP contribution < -0.4 is 10.6 Å². The number of carbonyl (C=O) groups is 4. The normalized spacial score (nSPS) is 18.1. The number of nitrogens with zero attached hydrogens (tertiary/aromatic N) is 3. The summed E-state index contributed by atoms with van der Waals surface area (Å²) in [7, 11) is 2.42. The second kappa shape index (κ2) is 16.0. The Labute approximate surface area is 295 Å². The summed E-state index contributed by atoms with van der Waals surface area (Å²) in [6, 6.07) is 28.6. The van der Waals surface area contributed by atoms with Gasteiger partial charge in [0.05, 0.1) is 14.2 Å². The maximum Gasteiger partial charge on any atom is 0.345 e. The molecule has 0 radical (unpaired) electrons. The van der Waals surface area contributed by atoms with Crippen molar-refractivity contribution in [3.63, 3.8) is 0 Å². The van der Waals surface area contributed by atoms with Crippen molar-refractivity contribution in [3.05, 3.63) is 129 Å². The molecule has 248 valence electrons. The fourth-order valence-electron chi connectivity index (χ4n) is 5.53. The SMILES string of the molecule is COC(=O)C1C(C(=O)Nc2ccc(Br)cc2)N(Cc2ccccc2)C(C(=O)OC)N(C(=O)Nc2ccc(Br)cc2)N1Cc1ccccc1. The van der Waals surface area contributed by atoms with Crippen LogP contribution in [0, 0.1) is 0 Å². The van der Waals surface area contributed by atoms with Crippen molar-refractivity contribution in [3.8, 4) is 0 Å². The van der Waals surface area contributed by atoms with Crippen molar-refractivity contribution in [1.82, 2.24) is 14.9 Å². The Kier molecular flexibility index (Phi) is 11.6. The minimum Gasteiger partial charge on any atom is -0.468 e. The van der Waals surface area contributed by atoms with Crippen molar-refractivity contribution >= 4 is 67.1 Å². The Morgan fingerprint density at radius 3 is 1.60 bits per heavy atom. The highest BCUT2D eigenvalue weighted by molar-refractivity contribution is 9.10. The number of ether oxygens (including phenoxy) is 2. The van der Waals surface area contributed by atoms with Crippen molar-refractivity contribution in [2.45, 2.75) is 31.3 Å². The molecule has 0 spiro atoms. The summed E-state index contributed by atoms with van der Waals surface area (Å²) < 4.78 is 12.2. The van der Waals surface area contributed by atoms with Crippen LogP contribution >= 0.6 is 31.9 Å². The molecule has 1 fully saturated rings. The number of hydrazine groups is 1. The van der Waals surface area contributed by atoms with E-state index < -0.39 is 42.1 Å². The summed E-state index contributed by atoms with van der Waals surface area (Å²) in [5, 5.41) is 8.31. The van der Waals surface area contributed by atoms with Crippen LogP contribution in [0.2, 0.25) is 0 Å². The second-order valence-corrected chi connectivity index (χ2v) is 12.7. The van der Waals surface area contributed by atoms with Crippen LogP contribution in [0.3, 0.4) is 0 Å². The fraction of sp³-hybridized carbons (Fsp3) is 0.200. The lowest BCUT2D eigenvalue weighted by atomic mass is 9.98. The van der Waals surface area contributed by atoms with Gasteiger partial charge in [-0.3, -0.25) is 14.5 Å². The van der Waals surface area contributed by atoms with Gasteiger partial charge in [-0.15, -0.1) is 0 Å². The maximum atomic E-state index is 14.5. The maximum absolute atomic E-state index is 14.5. The van der Waals surface area contributed by atoms with E-state index in [0.717, 1.165) is 19.5 Å². The predicted octanol–water partition coefficient (Wildman–Crippen LogP) is 6.03. The predicted molar refractivity (Wildman–Crippen MR) is 187 cm³/mol. The van der Waals surface area contributed by atoms with Gasteiger partial charge in [-0.05, 0) is 59.7 Å². The first-order valence-electron chi connectivity index (χ1n) is 14.9. The molecule has 11 nitrogen and oxygen atoms in total. The largest absolute Gasteiger partial charge is 0.468 e. The van der Waals surface area contributed by atoms with E-state index in [1.165, 1.54) is 24.1 Å². The van der Waals surface area contributed by atoms with E-state index in [9.17, 15) is 19.2 Å². The lowest BCUT2D eigenvalue weighted by Gasteiger charge is -2.54. The molecule has 13 heteroatoms. The van der Waals surface area contributed by atoms with Crippen LogP contribution in [0.15, 0.2) is 118 Å². The van der Waals surface area contributed by atoms with Crippen molar-refractivity contribution in [1.29, 1.82) is 0 Å². The molecule has 1 aliphatic heterocycles. The molecule has 5 rings (SSSR count). The van der Waals surface area contributed by atoms with Crippen LogP contribution in [0.25, 0.3) is 0 Å². The Morgan fingerprint density at radius 2 is 1.10 bits per heavy atom. The Morgan fingerprint density at radius 1 is 0.625 bits per heavy atom. The van der Waals surface area contributed by atoms with Crippen LogP contribution in [0.4, 0.5) is 16.2 Å². The summed E-state index contributed by atoms with van der Waals surface area (Å²) in [5.41, 5.74) is 2.33. The van der Waals surface area contributed by atoms with E-state index in [2.05, 4.69) is 42.5 Å². The molecule has 3 unspecified atom stereocenters. The fourth-order valence-corrected chi connectivity index (χ4v) is 6.06. The number of benzene rings is 4. The highest BCUT2D eigenvalue weighted by Gasteiger charge is 2.57. The number of halogens is 2. The molecular weight excluding hydrogens is 746 g/mol. The van der Waals surface area contributed by atoms with E-state index in [-0.39, 0.29) is 13.1 Å². The topological polar surface area (TPSA) is 121 Å². The van der Waals surface area contributed by atoms with Gasteiger partial charge in [-0.1, -0.05) is 92.5 Å². The van der Waals surface area contributed by atoms with Gasteiger partial charge < -0.3 is 20.1 Å². The first-order chi connectivity index (χ1) is 23.2. The molecule has 2 N–H and O–H groups in total. The zero-order valence-corrected chi connectivity index (χ0v) is 29.3. The van der Waals surface area contributed by atoms with Crippen molar-refractivity contribution in [2.24, 2.45) is 0 Å². The minimum atomic E-state index is -1.49.